The fourth-order valence-corrected chi connectivity index (χ4v) is 2.56. The highest BCUT2D eigenvalue weighted by molar-refractivity contribution is 6.20. The van der Waals surface area contributed by atoms with E-state index in [-0.39, 0.29) is 11.4 Å². The highest BCUT2D eigenvalue weighted by Crippen LogP contribution is 2.34. The minimum Gasteiger partial charge on any atom is -0.506 e. The van der Waals surface area contributed by atoms with E-state index in [2.05, 4.69) is 4.98 Å². The van der Waals surface area contributed by atoms with Gasteiger partial charge in [0.05, 0.1) is 5.52 Å². The lowest BCUT2D eigenvalue weighted by molar-refractivity contribution is 0.480. The van der Waals surface area contributed by atoms with Gasteiger partial charge in [0.1, 0.15) is 11.3 Å². The number of hydrogen-bond donors (Lipinski definition) is 2. The van der Waals surface area contributed by atoms with Gasteiger partial charge in [-0.1, -0.05) is 12.1 Å². The Morgan fingerprint density at radius 1 is 1.00 bits per heavy atom. The lowest BCUT2D eigenvalue weighted by Crippen LogP contribution is -1.94. The van der Waals surface area contributed by atoms with Gasteiger partial charge in [-0.25, -0.2) is 4.79 Å². The summed E-state index contributed by atoms with van der Waals surface area (Å²) >= 11 is 0. The van der Waals surface area contributed by atoms with E-state index in [0.717, 1.165) is 21.7 Å². The Bertz CT molecular complexity index is 995. The van der Waals surface area contributed by atoms with Crippen LogP contribution in [-0.4, -0.2) is 10.1 Å². The number of para-hydroxylation sites is 1. The molecule has 0 spiro atoms. The summed E-state index contributed by atoms with van der Waals surface area (Å²) in [5, 5.41) is 12.6. The number of phenolic OH excluding ortho intramolecular Hbond substituents is 1. The predicted molar refractivity (Wildman–Crippen MR) is 73.5 cm³/mol. The van der Waals surface area contributed by atoms with E-state index in [1.165, 1.54) is 6.07 Å². The van der Waals surface area contributed by atoms with Crippen molar-refractivity contribution in [3.63, 3.8) is 0 Å². The Hall–Kier alpha value is -2.75. The SMILES string of the molecule is O=c1ccc2c(ccc3[nH]c4c(O)cccc4c32)o1. The van der Waals surface area contributed by atoms with Gasteiger partial charge < -0.3 is 14.5 Å². The van der Waals surface area contributed by atoms with Crippen molar-refractivity contribution in [2.45, 2.75) is 0 Å². The number of rotatable bonds is 0. The van der Waals surface area contributed by atoms with Gasteiger partial charge in [0, 0.05) is 27.7 Å². The second-order valence-corrected chi connectivity index (χ2v) is 4.48. The molecule has 0 bridgehead atoms. The van der Waals surface area contributed by atoms with Crippen LogP contribution in [0.3, 0.4) is 0 Å². The Morgan fingerprint density at radius 3 is 2.79 bits per heavy atom. The topological polar surface area (TPSA) is 66.2 Å². The number of nitrogens with one attached hydrogen (secondary N) is 1. The van der Waals surface area contributed by atoms with Crippen molar-refractivity contribution in [3.8, 4) is 5.75 Å². The van der Waals surface area contributed by atoms with Gasteiger partial charge >= 0.3 is 5.63 Å². The summed E-state index contributed by atoms with van der Waals surface area (Å²) in [6.07, 6.45) is 0. The summed E-state index contributed by atoms with van der Waals surface area (Å²) in [7, 11) is 0. The van der Waals surface area contributed by atoms with Crippen LogP contribution >= 0.6 is 0 Å². The third-order valence-corrected chi connectivity index (χ3v) is 3.37. The van der Waals surface area contributed by atoms with Crippen molar-refractivity contribution in [1.82, 2.24) is 4.98 Å². The van der Waals surface area contributed by atoms with E-state index in [1.807, 2.05) is 12.1 Å². The van der Waals surface area contributed by atoms with Gasteiger partial charge in [0.2, 0.25) is 0 Å². The molecule has 0 aliphatic heterocycles. The van der Waals surface area contributed by atoms with Crippen LogP contribution in [-0.2, 0) is 0 Å². The second kappa shape index (κ2) is 3.38. The van der Waals surface area contributed by atoms with Crippen molar-refractivity contribution in [2.75, 3.05) is 0 Å². The van der Waals surface area contributed by atoms with Crippen LogP contribution in [0.1, 0.15) is 0 Å². The molecule has 4 heteroatoms. The third kappa shape index (κ3) is 1.31. The number of aromatic hydroxyl groups is 1. The van der Waals surface area contributed by atoms with Crippen molar-refractivity contribution in [1.29, 1.82) is 0 Å². The quantitative estimate of drug-likeness (QED) is 0.472. The van der Waals surface area contributed by atoms with Crippen molar-refractivity contribution in [3.05, 3.63) is 52.9 Å². The molecule has 2 N–H and O–H groups in total. The van der Waals surface area contributed by atoms with Crippen LogP contribution in [0.25, 0.3) is 32.8 Å². The van der Waals surface area contributed by atoms with E-state index in [0.29, 0.717) is 11.1 Å². The zero-order valence-electron chi connectivity index (χ0n) is 9.81. The van der Waals surface area contributed by atoms with Crippen LogP contribution in [0.4, 0.5) is 0 Å². The molecule has 2 heterocycles. The fourth-order valence-electron chi connectivity index (χ4n) is 2.56. The smallest absolute Gasteiger partial charge is 0.336 e. The maximum Gasteiger partial charge on any atom is 0.336 e. The zero-order chi connectivity index (χ0) is 13.0. The lowest BCUT2D eigenvalue weighted by atomic mass is 10.1. The molecule has 0 radical (unpaired) electrons. The molecule has 4 rings (SSSR count). The molecule has 19 heavy (non-hydrogen) atoms. The van der Waals surface area contributed by atoms with Crippen molar-refractivity contribution >= 4 is 32.8 Å². The molecule has 0 saturated carbocycles. The number of fused-ring (bicyclic) bond motifs is 5. The number of hydrogen-bond acceptors (Lipinski definition) is 3. The number of aromatic amines is 1. The summed E-state index contributed by atoms with van der Waals surface area (Å²) in [5.74, 6) is 0.208. The maximum atomic E-state index is 11.3. The second-order valence-electron chi connectivity index (χ2n) is 4.48. The predicted octanol–water partition coefficient (Wildman–Crippen LogP) is 3.13. The van der Waals surface area contributed by atoms with E-state index < -0.39 is 0 Å². The summed E-state index contributed by atoms with van der Waals surface area (Å²) < 4.78 is 5.19. The van der Waals surface area contributed by atoms with Gasteiger partial charge in [-0.05, 0) is 24.3 Å². The largest absolute Gasteiger partial charge is 0.506 e. The Morgan fingerprint density at radius 2 is 1.89 bits per heavy atom. The summed E-state index contributed by atoms with van der Waals surface area (Å²) in [5.41, 5.74) is 1.77. The van der Waals surface area contributed by atoms with Crippen LogP contribution in [0.5, 0.6) is 5.75 Å². The summed E-state index contributed by atoms with van der Waals surface area (Å²) in [6, 6.07) is 12.1. The van der Waals surface area contributed by atoms with Crippen LogP contribution in [0.15, 0.2) is 51.7 Å². The Kier molecular flexibility index (Phi) is 1.82. The molecule has 0 unspecified atom stereocenters. The molecule has 0 atom stereocenters. The lowest BCUT2D eigenvalue weighted by Gasteiger charge is -1.98. The molecular formula is C15H9NO3. The molecule has 0 aliphatic rings. The minimum atomic E-state index is -0.366. The van der Waals surface area contributed by atoms with Gasteiger partial charge in [-0.15, -0.1) is 0 Å². The molecule has 92 valence electrons. The molecule has 4 aromatic rings. The summed E-state index contributed by atoms with van der Waals surface area (Å²) in [4.78, 5) is 14.4. The summed E-state index contributed by atoms with van der Waals surface area (Å²) in [6.45, 7) is 0. The van der Waals surface area contributed by atoms with Gasteiger partial charge in [0.25, 0.3) is 0 Å². The first-order chi connectivity index (χ1) is 9.24. The average Bonchev–Trinajstić information content (AvgIpc) is 2.79. The third-order valence-electron chi connectivity index (χ3n) is 3.37. The fraction of sp³-hybridized carbons (Fsp3) is 0. The number of H-pyrrole nitrogens is 1. The first-order valence-corrected chi connectivity index (χ1v) is 5.90. The first kappa shape index (κ1) is 10.2. The van der Waals surface area contributed by atoms with Crippen molar-refractivity contribution < 1.29 is 9.52 Å². The van der Waals surface area contributed by atoms with E-state index in [1.54, 1.807) is 24.3 Å². The number of benzene rings is 2. The van der Waals surface area contributed by atoms with Crippen LogP contribution in [0.2, 0.25) is 0 Å². The van der Waals surface area contributed by atoms with Crippen LogP contribution < -0.4 is 5.63 Å². The molecular weight excluding hydrogens is 242 g/mol. The van der Waals surface area contributed by atoms with E-state index in [9.17, 15) is 9.90 Å². The molecule has 0 aliphatic carbocycles. The van der Waals surface area contributed by atoms with Gasteiger partial charge in [-0.3, -0.25) is 0 Å². The Labute approximate surface area is 106 Å². The van der Waals surface area contributed by atoms with E-state index in [4.69, 9.17) is 4.42 Å². The zero-order valence-corrected chi connectivity index (χ0v) is 9.81. The normalized spacial score (nSPS) is 11.6. The monoisotopic (exact) mass is 251 g/mol. The standard InChI is InChI=1S/C15H9NO3/c17-11-3-1-2-9-14-8-4-7-13(18)19-12(8)6-5-10(14)16-15(9)11/h1-7,16-17H. The average molecular weight is 251 g/mol. The van der Waals surface area contributed by atoms with Gasteiger partial charge in [0.15, 0.2) is 0 Å². The highest BCUT2D eigenvalue weighted by Gasteiger charge is 2.11. The van der Waals surface area contributed by atoms with Crippen molar-refractivity contribution in [2.24, 2.45) is 0 Å². The molecule has 0 amide bonds. The minimum absolute atomic E-state index is 0.208. The molecule has 2 aromatic carbocycles. The van der Waals surface area contributed by atoms with E-state index >= 15 is 0 Å². The van der Waals surface area contributed by atoms with Crippen LogP contribution in [0, 0.1) is 0 Å². The molecule has 0 fully saturated rings. The maximum absolute atomic E-state index is 11.3. The number of phenols is 1. The highest BCUT2D eigenvalue weighted by atomic mass is 16.4. The number of aromatic nitrogens is 1. The molecule has 0 saturated heterocycles. The first-order valence-electron chi connectivity index (χ1n) is 5.90. The van der Waals surface area contributed by atoms with Gasteiger partial charge in [-0.2, -0.15) is 0 Å². The Balaban J connectivity index is 2.35. The molecule has 2 aromatic heterocycles. The molecule has 4 nitrogen and oxygen atoms in total.